The van der Waals surface area contributed by atoms with Crippen LogP contribution in [0.2, 0.25) is 0 Å². The minimum absolute atomic E-state index is 0.0237. The highest BCUT2D eigenvalue weighted by Gasteiger charge is 2.22. The molecule has 3 N–H and O–H groups in total. The van der Waals surface area contributed by atoms with Gasteiger partial charge in [0.2, 0.25) is 5.71 Å². The molecular weight excluding hydrogens is 342 g/mol. The molecule has 27 heavy (non-hydrogen) atoms. The number of hydrogen-bond donors (Lipinski definition) is 2. The van der Waals surface area contributed by atoms with Crippen molar-refractivity contribution in [1.29, 1.82) is 0 Å². The average molecular weight is 376 g/mol. The van der Waals surface area contributed by atoms with E-state index in [1.54, 1.807) is 0 Å². The Balaban J connectivity index is 2.00. The standard InChI is InChI=1S/C21H33N3O3/c1-13(2)9-14(15(22)12-25)7-6-8-18(26)17-11-23-20-16(24-17)10-19(27-20)21(3,4)5/h10-11,13-15,25H,6-9,12,22H2,1-5H3/t14-,15-/m0/s1. The first-order valence-corrected chi connectivity index (χ1v) is 9.78. The molecule has 0 spiro atoms. The Morgan fingerprint density at radius 2 is 2.04 bits per heavy atom. The number of nitrogens with zero attached hydrogens (tertiary/aromatic N) is 2. The Morgan fingerprint density at radius 1 is 1.33 bits per heavy atom. The molecule has 2 atom stereocenters. The fourth-order valence-electron chi connectivity index (χ4n) is 3.24. The summed E-state index contributed by atoms with van der Waals surface area (Å²) in [6.45, 7) is 10.4. The van der Waals surface area contributed by atoms with Crippen molar-refractivity contribution in [3.05, 3.63) is 23.7 Å². The number of ketones is 1. The average Bonchev–Trinajstić information content (AvgIpc) is 3.03. The van der Waals surface area contributed by atoms with Crippen LogP contribution in [-0.4, -0.2) is 33.5 Å². The summed E-state index contributed by atoms with van der Waals surface area (Å²) in [6, 6.07) is 1.62. The summed E-state index contributed by atoms with van der Waals surface area (Å²) in [4.78, 5) is 21.2. The van der Waals surface area contributed by atoms with E-state index in [0.717, 1.165) is 25.0 Å². The van der Waals surface area contributed by atoms with E-state index in [0.29, 0.717) is 29.3 Å². The van der Waals surface area contributed by atoms with Gasteiger partial charge in [-0.1, -0.05) is 34.6 Å². The lowest BCUT2D eigenvalue weighted by molar-refractivity contribution is 0.0970. The van der Waals surface area contributed by atoms with Gasteiger partial charge in [-0.25, -0.2) is 9.97 Å². The smallest absolute Gasteiger partial charge is 0.245 e. The van der Waals surface area contributed by atoms with Gasteiger partial charge in [0, 0.05) is 23.9 Å². The van der Waals surface area contributed by atoms with E-state index in [4.69, 9.17) is 10.2 Å². The molecule has 150 valence electrons. The van der Waals surface area contributed by atoms with E-state index in [1.165, 1.54) is 6.20 Å². The zero-order chi connectivity index (χ0) is 20.2. The normalized spacial score (nSPS) is 14.7. The van der Waals surface area contributed by atoms with Gasteiger partial charge in [0.25, 0.3) is 0 Å². The molecule has 0 saturated heterocycles. The van der Waals surface area contributed by atoms with Crippen molar-refractivity contribution in [3.63, 3.8) is 0 Å². The zero-order valence-electron chi connectivity index (χ0n) is 17.2. The molecule has 0 aromatic carbocycles. The Bertz CT molecular complexity index is 762. The molecule has 2 heterocycles. The summed E-state index contributed by atoms with van der Waals surface area (Å²) < 4.78 is 5.73. The highest BCUT2D eigenvalue weighted by atomic mass is 16.3. The van der Waals surface area contributed by atoms with Crippen molar-refractivity contribution < 1.29 is 14.3 Å². The molecule has 2 aromatic rings. The molecule has 0 aliphatic heterocycles. The summed E-state index contributed by atoms with van der Waals surface area (Å²) in [6.07, 6.45) is 4.39. The molecule has 2 aromatic heterocycles. The van der Waals surface area contributed by atoms with Gasteiger partial charge >= 0.3 is 0 Å². The number of furan rings is 1. The molecular formula is C21H33N3O3. The Hall–Kier alpha value is -1.79. The minimum Gasteiger partial charge on any atom is -0.441 e. The number of carbonyl (C=O) groups excluding carboxylic acids is 1. The molecule has 0 aliphatic rings. The number of carbonyl (C=O) groups is 1. The number of Topliss-reactive ketones (excluding diaryl/α,β-unsaturated/α-hetero) is 1. The lowest BCUT2D eigenvalue weighted by Gasteiger charge is -2.24. The van der Waals surface area contributed by atoms with E-state index >= 15 is 0 Å². The van der Waals surface area contributed by atoms with E-state index in [2.05, 4.69) is 44.6 Å². The second-order valence-electron chi connectivity index (χ2n) is 8.86. The van der Waals surface area contributed by atoms with Crippen LogP contribution in [0.4, 0.5) is 0 Å². The van der Waals surface area contributed by atoms with Gasteiger partial charge in [0.1, 0.15) is 17.0 Å². The first-order valence-electron chi connectivity index (χ1n) is 9.78. The highest BCUT2D eigenvalue weighted by Crippen LogP contribution is 2.27. The van der Waals surface area contributed by atoms with Crippen LogP contribution in [0.25, 0.3) is 11.2 Å². The van der Waals surface area contributed by atoms with E-state index in [1.807, 2.05) is 6.07 Å². The largest absolute Gasteiger partial charge is 0.441 e. The number of rotatable bonds is 9. The molecule has 6 nitrogen and oxygen atoms in total. The maximum atomic E-state index is 12.5. The summed E-state index contributed by atoms with van der Waals surface area (Å²) in [5, 5.41) is 9.35. The number of aliphatic hydroxyl groups is 1. The van der Waals surface area contributed by atoms with E-state index < -0.39 is 0 Å². The van der Waals surface area contributed by atoms with Crippen LogP contribution >= 0.6 is 0 Å². The Labute approximate surface area is 161 Å². The van der Waals surface area contributed by atoms with Crippen molar-refractivity contribution in [1.82, 2.24) is 9.97 Å². The zero-order valence-corrected chi connectivity index (χ0v) is 17.2. The van der Waals surface area contributed by atoms with Crippen molar-refractivity contribution in [2.75, 3.05) is 6.61 Å². The number of nitrogens with two attached hydrogens (primary N) is 1. The third kappa shape index (κ3) is 5.84. The van der Waals surface area contributed by atoms with Crippen LogP contribution in [0, 0.1) is 11.8 Å². The second-order valence-corrected chi connectivity index (χ2v) is 8.86. The predicted molar refractivity (Wildman–Crippen MR) is 107 cm³/mol. The SMILES string of the molecule is CC(C)C[C@H](CCCC(=O)c1cnc2oc(C(C)(C)C)cc2n1)[C@@H](N)CO. The van der Waals surface area contributed by atoms with Crippen LogP contribution in [-0.2, 0) is 5.41 Å². The quantitative estimate of drug-likeness (QED) is 0.645. The van der Waals surface area contributed by atoms with Gasteiger partial charge in [0.15, 0.2) is 5.78 Å². The first kappa shape index (κ1) is 21.5. The molecule has 0 unspecified atom stereocenters. The molecule has 0 saturated carbocycles. The van der Waals surface area contributed by atoms with Crippen LogP contribution in [0.1, 0.15) is 76.6 Å². The first-order chi connectivity index (χ1) is 12.6. The third-order valence-electron chi connectivity index (χ3n) is 4.83. The lowest BCUT2D eigenvalue weighted by atomic mass is 9.86. The number of fused-ring (bicyclic) bond motifs is 1. The molecule has 0 aliphatic carbocycles. The van der Waals surface area contributed by atoms with Crippen molar-refractivity contribution in [3.8, 4) is 0 Å². The minimum atomic E-state index is -0.236. The monoisotopic (exact) mass is 375 g/mol. The van der Waals surface area contributed by atoms with Gasteiger partial charge in [-0.2, -0.15) is 0 Å². The maximum absolute atomic E-state index is 12.5. The summed E-state index contributed by atoms with van der Waals surface area (Å²) in [5.74, 6) is 1.51. The molecule has 0 bridgehead atoms. The Kier molecular flexibility index (Phi) is 7.12. The topological polar surface area (TPSA) is 102 Å². The molecule has 6 heteroatoms. The van der Waals surface area contributed by atoms with Gasteiger partial charge in [-0.15, -0.1) is 0 Å². The number of aromatic nitrogens is 2. The van der Waals surface area contributed by atoms with Gasteiger partial charge < -0.3 is 15.3 Å². The lowest BCUT2D eigenvalue weighted by Crippen LogP contribution is -2.34. The summed E-state index contributed by atoms with van der Waals surface area (Å²) >= 11 is 0. The number of hydrogen-bond acceptors (Lipinski definition) is 6. The molecule has 2 rings (SSSR count). The van der Waals surface area contributed by atoms with E-state index in [-0.39, 0.29) is 29.8 Å². The Morgan fingerprint density at radius 3 is 2.63 bits per heavy atom. The van der Waals surface area contributed by atoms with Gasteiger partial charge in [0.05, 0.1) is 12.8 Å². The van der Waals surface area contributed by atoms with Crippen molar-refractivity contribution >= 4 is 17.0 Å². The maximum Gasteiger partial charge on any atom is 0.245 e. The van der Waals surface area contributed by atoms with Crippen LogP contribution in [0.3, 0.4) is 0 Å². The fraction of sp³-hybridized carbons (Fsp3) is 0.667. The van der Waals surface area contributed by atoms with Crippen molar-refractivity contribution in [2.24, 2.45) is 17.6 Å². The summed E-state index contributed by atoms with van der Waals surface area (Å²) in [5.41, 5.74) is 7.34. The van der Waals surface area contributed by atoms with Gasteiger partial charge in [-0.05, 0) is 31.1 Å². The predicted octanol–water partition coefficient (Wildman–Crippen LogP) is 3.86. The van der Waals surface area contributed by atoms with E-state index in [9.17, 15) is 9.90 Å². The van der Waals surface area contributed by atoms with Crippen LogP contribution in [0.5, 0.6) is 0 Å². The van der Waals surface area contributed by atoms with Gasteiger partial charge in [-0.3, -0.25) is 4.79 Å². The fourth-order valence-corrected chi connectivity index (χ4v) is 3.24. The molecule has 0 amide bonds. The highest BCUT2D eigenvalue weighted by molar-refractivity contribution is 5.95. The third-order valence-corrected chi connectivity index (χ3v) is 4.83. The number of aliphatic hydroxyl groups excluding tert-OH is 1. The molecule has 0 fully saturated rings. The van der Waals surface area contributed by atoms with Crippen LogP contribution in [0.15, 0.2) is 16.7 Å². The van der Waals surface area contributed by atoms with Crippen LogP contribution < -0.4 is 5.73 Å². The molecule has 0 radical (unpaired) electrons. The summed E-state index contributed by atoms with van der Waals surface area (Å²) in [7, 11) is 0. The van der Waals surface area contributed by atoms with Crippen molar-refractivity contribution in [2.45, 2.75) is 71.8 Å². The second kappa shape index (κ2) is 8.93.